The van der Waals surface area contributed by atoms with Crippen LogP contribution in [0.5, 0.6) is 11.5 Å². The van der Waals surface area contributed by atoms with Crippen LogP contribution in [0.2, 0.25) is 0 Å². The second-order valence-electron chi connectivity index (χ2n) is 6.56. The molecule has 8 nitrogen and oxygen atoms in total. The number of carbonyl (C=O) groups is 1. The molecule has 0 unspecified atom stereocenters. The molecule has 3 heterocycles. The molecule has 2 aromatic heterocycles. The van der Waals surface area contributed by atoms with E-state index >= 15 is 0 Å². The van der Waals surface area contributed by atoms with Crippen LogP contribution in [0.1, 0.15) is 16.3 Å². The molecule has 0 radical (unpaired) electrons. The molecular weight excluding hydrogens is 415 g/mol. The summed E-state index contributed by atoms with van der Waals surface area (Å²) in [4.78, 5) is 20.6. The van der Waals surface area contributed by atoms with Gasteiger partial charge in [-0.25, -0.2) is 4.98 Å². The van der Waals surface area contributed by atoms with Gasteiger partial charge in [0.2, 0.25) is 12.6 Å². The molecular formula is C20H12F3N5O3. The van der Waals surface area contributed by atoms with Crippen LogP contribution in [0, 0.1) is 0 Å². The van der Waals surface area contributed by atoms with Crippen molar-refractivity contribution in [2.45, 2.75) is 6.18 Å². The number of anilines is 1. The predicted octanol–water partition coefficient (Wildman–Crippen LogP) is 3.79. The molecule has 11 heteroatoms. The molecule has 0 saturated carbocycles. The second-order valence-corrected chi connectivity index (χ2v) is 6.56. The number of hydrogen-bond donors (Lipinski definition) is 1. The maximum atomic E-state index is 13.7. The van der Waals surface area contributed by atoms with Crippen LogP contribution in [-0.2, 0) is 6.18 Å². The summed E-state index contributed by atoms with van der Waals surface area (Å²) in [6.45, 7) is 0.0658. The van der Waals surface area contributed by atoms with Crippen LogP contribution in [0.25, 0.3) is 17.0 Å². The Labute approximate surface area is 172 Å². The number of alkyl halides is 3. The Morgan fingerprint density at radius 2 is 1.77 bits per heavy atom. The smallest absolute Gasteiger partial charge is 0.433 e. The molecule has 2 aromatic carbocycles. The number of benzene rings is 2. The summed E-state index contributed by atoms with van der Waals surface area (Å²) in [5.41, 5.74) is -0.200. The number of aromatic nitrogens is 4. The van der Waals surface area contributed by atoms with E-state index in [1.807, 2.05) is 0 Å². The molecule has 1 aliphatic rings. The molecule has 0 spiro atoms. The van der Waals surface area contributed by atoms with E-state index in [9.17, 15) is 18.0 Å². The van der Waals surface area contributed by atoms with Gasteiger partial charge in [-0.05, 0) is 18.2 Å². The Bertz CT molecular complexity index is 1300. The number of amides is 1. The average molecular weight is 427 g/mol. The third-order valence-electron chi connectivity index (χ3n) is 4.51. The molecule has 0 bridgehead atoms. The topological polar surface area (TPSA) is 90.6 Å². The SMILES string of the molecule is O=C(Nc1ccc2c(c1)OCO2)c1nc2nc(-c3ccccc3)cc(C(F)(F)F)n2n1. The molecule has 1 amide bonds. The summed E-state index contributed by atoms with van der Waals surface area (Å²) in [5.74, 6) is -0.630. The Morgan fingerprint density at radius 3 is 2.55 bits per heavy atom. The van der Waals surface area contributed by atoms with Crippen LogP contribution in [0.15, 0.2) is 54.6 Å². The van der Waals surface area contributed by atoms with Crippen molar-refractivity contribution in [3.63, 3.8) is 0 Å². The summed E-state index contributed by atoms with van der Waals surface area (Å²) >= 11 is 0. The van der Waals surface area contributed by atoms with Gasteiger partial charge >= 0.3 is 6.18 Å². The summed E-state index contributed by atoms with van der Waals surface area (Å²) in [5, 5.41) is 6.27. The molecule has 31 heavy (non-hydrogen) atoms. The molecule has 4 aromatic rings. The number of carbonyl (C=O) groups excluding carboxylic acids is 1. The van der Waals surface area contributed by atoms with Gasteiger partial charge in [0.25, 0.3) is 11.7 Å². The van der Waals surface area contributed by atoms with E-state index in [-0.39, 0.29) is 18.3 Å². The zero-order valence-electron chi connectivity index (χ0n) is 15.6. The minimum absolute atomic E-state index is 0.0653. The van der Waals surface area contributed by atoms with Crippen molar-refractivity contribution < 1.29 is 27.4 Å². The highest BCUT2D eigenvalue weighted by Crippen LogP contribution is 2.34. The quantitative estimate of drug-likeness (QED) is 0.535. The van der Waals surface area contributed by atoms with Gasteiger partial charge in [-0.1, -0.05) is 30.3 Å². The molecule has 0 aliphatic carbocycles. The standard InChI is InChI=1S/C20H12F3N5O3/c21-20(22,23)16-9-13(11-4-2-1-3-5-11)25-19-26-17(27-28(16)19)18(29)24-12-6-7-14-15(8-12)31-10-30-14/h1-9H,10H2,(H,24,29). The first kappa shape index (κ1) is 18.9. The van der Waals surface area contributed by atoms with Crippen LogP contribution < -0.4 is 14.8 Å². The highest BCUT2D eigenvalue weighted by molar-refractivity contribution is 6.02. The molecule has 0 fully saturated rings. The van der Waals surface area contributed by atoms with Gasteiger partial charge in [-0.2, -0.15) is 22.7 Å². The van der Waals surface area contributed by atoms with Crippen molar-refractivity contribution in [1.29, 1.82) is 0 Å². The van der Waals surface area contributed by atoms with Crippen molar-refractivity contribution in [2.24, 2.45) is 0 Å². The zero-order valence-corrected chi connectivity index (χ0v) is 15.6. The fraction of sp³-hybridized carbons (Fsp3) is 0.100. The fourth-order valence-corrected chi connectivity index (χ4v) is 3.08. The fourth-order valence-electron chi connectivity index (χ4n) is 3.08. The number of rotatable bonds is 3. The molecule has 0 atom stereocenters. The van der Waals surface area contributed by atoms with E-state index in [0.717, 1.165) is 6.07 Å². The minimum atomic E-state index is -4.73. The molecule has 0 saturated heterocycles. The maximum absolute atomic E-state index is 13.7. The maximum Gasteiger partial charge on any atom is 0.433 e. The van der Waals surface area contributed by atoms with Gasteiger partial charge in [-0.15, -0.1) is 5.10 Å². The van der Waals surface area contributed by atoms with Crippen LogP contribution in [0.4, 0.5) is 18.9 Å². The summed E-state index contributed by atoms with van der Waals surface area (Å²) < 4.78 is 51.9. The number of halogens is 3. The third kappa shape index (κ3) is 3.50. The van der Waals surface area contributed by atoms with Crippen molar-refractivity contribution in [3.05, 3.63) is 66.1 Å². The van der Waals surface area contributed by atoms with Gasteiger partial charge in [0, 0.05) is 17.3 Å². The van der Waals surface area contributed by atoms with E-state index in [4.69, 9.17) is 9.47 Å². The van der Waals surface area contributed by atoms with Crippen molar-refractivity contribution >= 4 is 17.4 Å². The molecule has 1 aliphatic heterocycles. The first-order chi connectivity index (χ1) is 14.9. The van der Waals surface area contributed by atoms with Crippen LogP contribution in [-0.4, -0.2) is 32.3 Å². The number of nitrogens with one attached hydrogen (secondary N) is 1. The lowest BCUT2D eigenvalue weighted by atomic mass is 10.1. The Balaban J connectivity index is 1.53. The zero-order chi connectivity index (χ0) is 21.6. The van der Waals surface area contributed by atoms with Crippen molar-refractivity contribution in [2.75, 3.05) is 12.1 Å². The number of nitrogens with zero attached hydrogens (tertiary/aromatic N) is 4. The largest absolute Gasteiger partial charge is 0.454 e. The van der Waals surface area contributed by atoms with E-state index in [1.54, 1.807) is 42.5 Å². The summed E-state index contributed by atoms with van der Waals surface area (Å²) in [6, 6.07) is 13.9. The first-order valence-electron chi connectivity index (χ1n) is 9.00. The van der Waals surface area contributed by atoms with Gasteiger partial charge in [0.1, 0.15) is 0 Å². The predicted molar refractivity (Wildman–Crippen MR) is 102 cm³/mol. The Morgan fingerprint density at radius 1 is 1.00 bits per heavy atom. The third-order valence-corrected chi connectivity index (χ3v) is 4.51. The molecule has 5 rings (SSSR count). The Hall–Kier alpha value is -4.15. The monoisotopic (exact) mass is 427 g/mol. The number of hydrogen-bond acceptors (Lipinski definition) is 6. The van der Waals surface area contributed by atoms with E-state index in [2.05, 4.69) is 20.4 Å². The molecule has 156 valence electrons. The molecule has 1 N–H and O–H groups in total. The lowest BCUT2D eigenvalue weighted by molar-refractivity contribution is -0.142. The van der Waals surface area contributed by atoms with Crippen molar-refractivity contribution in [1.82, 2.24) is 19.6 Å². The highest BCUT2D eigenvalue weighted by atomic mass is 19.4. The van der Waals surface area contributed by atoms with E-state index < -0.39 is 23.6 Å². The van der Waals surface area contributed by atoms with Crippen LogP contribution >= 0.6 is 0 Å². The van der Waals surface area contributed by atoms with Gasteiger partial charge in [-0.3, -0.25) is 4.79 Å². The minimum Gasteiger partial charge on any atom is -0.454 e. The van der Waals surface area contributed by atoms with Gasteiger partial charge < -0.3 is 14.8 Å². The van der Waals surface area contributed by atoms with Gasteiger partial charge in [0.05, 0.1) is 5.69 Å². The Kier molecular flexibility index (Phi) is 4.24. The lowest BCUT2D eigenvalue weighted by Crippen LogP contribution is -2.16. The normalized spacial score (nSPS) is 12.9. The highest BCUT2D eigenvalue weighted by Gasteiger charge is 2.36. The number of fused-ring (bicyclic) bond motifs is 2. The van der Waals surface area contributed by atoms with Crippen LogP contribution in [0.3, 0.4) is 0 Å². The van der Waals surface area contributed by atoms with E-state index in [0.29, 0.717) is 27.3 Å². The summed E-state index contributed by atoms with van der Waals surface area (Å²) in [6.07, 6.45) is -4.73. The lowest BCUT2D eigenvalue weighted by Gasteiger charge is -2.10. The second kappa shape index (κ2) is 6.97. The average Bonchev–Trinajstić information content (AvgIpc) is 3.39. The van der Waals surface area contributed by atoms with Gasteiger partial charge in [0.15, 0.2) is 17.2 Å². The van der Waals surface area contributed by atoms with Crippen molar-refractivity contribution in [3.8, 4) is 22.8 Å². The summed E-state index contributed by atoms with van der Waals surface area (Å²) in [7, 11) is 0. The van der Waals surface area contributed by atoms with E-state index in [1.165, 1.54) is 6.07 Å². The first-order valence-corrected chi connectivity index (χ1v) is 9.00. The number of ether oxygens (including phenoxy) is 2.